The first-order valence-electron chi connectivity index (χ1n) is 5.98. The van der Waals surface area contributed by atoms with E-state index >= 15 is 0 Å². The molecule has 0 spiro atoms. The Bertz CT molecular complexity index is 326. The average molecular weight is 235 g/mol. The monoisotopic (exact) mass is 235 g/mol. The minimum absolute atomic E-state index is 0.568. The molecule has 0 saturated heterocycles. The summed E-state index contributed by atoms with van der Waals surface area (Å²) in [6.07, 6.45) is 1.73. The van der Waals surface area contributed by atoms with Gasteiger partial charge in [-0.1, -0.05) is 25.1 Å². The molecule has 17 heavy (non-hydrogen) atoms. The maximum Gasteiger partial charge on any atom is 0.119 e. The van der Waals surface area contributed by atoms with E-state index in [1.807, 2.05) is 12.1 Å². The fraction of sp³-hybridized carbons (Fsp3) is 0.429. The number of nitrogens with one attached hydrogen (secondary N) is 1. The van der Waals surface area contributed by atoms with E-state index in [1.165, 1.54) is 5.56 Å². The molecule has 1 aromatic carbocycles. The second-order valence-corrected chi connectivity index (χ2v) is 3.64. The largest absolute Gasteiger partial charge is 0.491 e. The standard InChI is InChI=1S/C14H21NO2/c1-3-8-16-9-10-17-14-7-5-6-13(11-14)12-15-4-2/h3,5-7,11,15H,1,4,8-10,12H2,2H3. The van der Waals surface area contributed by atoms with Gasteiger partial charge in [0.2, 0.25) is 0 Å². The van der Waals surface area contributed by atoms with Crippen molar-refractivity contribution in [2.75, 3.05) is 26.4 Å². The second-order valence-electron chi connectivity index (χ2n) is 3.64. The van der Waals surface area contributed by atoms with Gasteiger partial charge in [-0.15, -0.1) is 6.58 Å². The number of hydrogen-bond donors (Lipinski definition) is 1. The Morgan fingerprint density at radius 2 is 2.24 bits per heavy atom. The highest BCUT2D eigenvalue weighted by molar-refractivity contribution is 5.28. The van der Waals surface area contributed by atoms with E-state index in [-0.39, 0.29) is 0 Å². The first-order valence-corrected chi connectivity index (χ1v) is 5.98. The van der Waals surface area contributed by atoms with Crippen molar-refractivity contribution in [3.8, 4) is 5.75 Å². The highest BCUT2D eigenvalue weighted by atomic mass is 16.5. The van der Waals surface area contributed by atoms with Crippen LogP contribution in [0.15, 0.2) is 36.9 Å². The minimum Gasteiger partial charge on any atom is -0.491 e. The molecule has 0 saturated carbocycles. The van der Waals surface area contributed by atoms with Crippen LogP contribution in [0.4, 0.5) is 0 Å². The molecule has 3 heteroatoms. The fourth-order valence-corrected chi connectivity index (χ4v) is 1.40. The third-order valence-corrected chi connectivity index (χ3v) is 2.21. The Balaban J connectivity index is 2.29. The van der Waals surface area contributed by atoms with Gasteiger partial charge in [-0.2, -0.15) is 0 Å². The molecule has 0 bridgehead atoms. The number of hydrogen-bond acceptors (Lipinski definition) is 3. The van der Waals surface area contributed by atoms with Gasteiger partial charge in [0.15, 0.2) is 0 Å². The topological polar surface area (TPSA) is 30.5 Å². The molecule has 0 amide bonds. The van der Waals surface area contributed by atoms with E-state index in [1.54, 1.807) is 6.08 Å². The SMILES string of the molecule is C=CCOCCOc1cccc(CNCC)c1. The van der Waals surface area contributed by atoms with E-state index in [9.17, 15) is 0 Å². The molecule has 1 N–H and O–H groups in total. The summed E-state index contributed by atoms with van der Waals surface area (Å²) in [7, 11) is 0. The van der Waals surface area contributed by atoms with Crippen molar-refractivity contribution in [1.29, 1.82) is 0 Å². The molecule has 0 atom stereocenters. The molecule has 0 aliphatic carbocycles. The maximum absolute atomic E-state index is 5.59. The summed E-state index contributed by atoms with van der Waals surface area (Å²) < 4.78 is 10.8. The smallest absolute Gasteiger partial charge is 0.119 e. The van der Waals surface area contributed by atoms with Crippen LogP contribution in [0.25, 0.3) is 0 Å². The van der Waals surface area contributed by atoms with Gasteiger partial charge in [0.05, 0.1) is 13.2 Å². The van der Waals surface area contributed by atoms with Crippen LogP contribution in [0.1, 0.15) is 12.5 Å². The van der Waals surface area contributed by atoms with Crippen LogP contribution in [-0.2, 0) is 11.3 Å². The van der Waals surface area contributed by atoms with Gasteiger partial charge in [-0.05, 0) is 24.2 Å². The summed E-state index contributed by atoms with van der Waals surface area (Å²) in [5.41, 5.74) is 1.23. The van der Waals surface area contributed by atoms with Crippen molar-refractivity contribution in [3.63, 3.8) is 0 Å². The van der Waals surface area contributed by atoms with E-state index < -0.39 is 0 Å². The summed E-state index contributed by atoms with van der Waals surface area (Å²) in [5.74, 6) is 0.891. The quantitative estimate of drug-likeness (QED) is 0.526. The molecular weight excluding hydrogens is 214 g/mol. The molecule has 0 unspecified atom stereocenters. The zero-order valence-corrected chi connectivity index (χ0v) is 10.4. The Morgan fingerprint density at radius 3 is 3.00 bits per heavy atom. The predicted octanol–water partition coefficient (Wildman–Crippen LogP) is 2.38. The van der Waals surface area contributed by atoms with Crippen LogP contribution in [-0.4, -0.2) is 26.4 Å². The van der Waals surface area contributed by atoms with Crippen molar-refractivity contribution in [2.24, 2.45) is 0 Å². The van der Waals surface area contributed by atoms with Crippen LogP contribution in [0.3, 0.4) is 0 Å². The van der Waals surface area contributed by atoms with Gasteiger partial charge in [0.25, 0.3) is 0 Å². The Hall–Kier alpha value is -1.32. The number of rotatable bonds is 9. The lowest BCUT2D eigenvalue weighted by Crippen LogP contribution is -2.12. The third-order valence-electron chi connectivity index (χ3n) is 2.21. The van der Waals surface area contributed by atoms with Crippen molar-refractivity contribution in [2.45, 2.75) is 13.5 Å². The van der Waals surface area contributed by atoms with E-state index in [4.69, 9.17) is 9.47 Å². The summed E-state index contributed by atoms with van der Waals surface area (Å²) in [4.78, 5) is 0. The summed E-state index contributed by atoms with van der Waals surface area (Å²) in [6, 6.07) is 8.11. The van der Waals surface area contributed by atoms with Crippen LogP contribution in [0, 0.1) is 0 Å². The van der Waals surface area contributed by atoms with Gasteiger partial charge in [-0.25, -0.2) is 0 Å². The van der Waals surface area contributed by atoms with Gasteiger partial charge in [0, 0.05) is 6.54 Å². The fourth-order valence-electron chi connectivity index (χ4n) is 1.40. The molecule has 0 aliphatic heterocycles. The van der Waals surface area contributed by atoms with Crippen molar-refractivity contribution < 1.29 is 9.47 Å². The van der Waals surface area contributed by atoms with Crippen LogP contribution >= 0.6 is 0 Å². The first kappa shape index (κ1) is 13.7. The van der Waals surface area contributed by atoms with Gasteiger partial charge >= 0.3 is 0 Å². The average Bonchev–Trinajstić information content (AvgIpc) is 2.37. The Labute approximate surface area is 103 Å². The van der Waals surface area contributed by atoms with Crippen LogP contribution < -0.4 is 10.1 Å². The van der Waals surface area contributed by atoms with Crippen LogP contribution in [0.5, 0.6) is 5.75 Å². The highest BCUT2D eigenvalue weighted by Gasteiger charge is 1.96. The zero-order valence-electron chi connectivity index (χ0n) is 10.4. The Morgan fingerprint density at radius 1 is 1.35 bits per heavy atom. The summed E-state index contributed by atoms with van der Waals surface area (Å²) >= 11 is 0. The number of benzene rings is 1. The molecular formula is C14H21NO2. The molecule has 94 valence electrons. The molecule has 0 aliphatic rings. The lowest BCUT2D eigenvalue weighted by atomic mass is 10.2. The molecule has 0 fully saturated rings. The van der Waals surface area contributed by atoms with Crippen molar-refractivity contribution in [3.05, 3.63) is 42.5 Å². The van der Waals surface area contributed by atoms with E-state index in [0.717, 1.165) is 18.8 Å². The van der Waals surface area contributed by atoms with Crippen molar-refractivity contribution >= 4 is 0 Å². The molecule has 1 rings (SSSR count). The maximum atomic E-state index is 5.59. The van der Waals surface area contributed by atoms with Crippen molar-refractivity contribution in [1.82, 2.24) is 5.32 Å². The van der Waals surface area contributed by atoms with E-state index in [0.29, 0.717) is 19.8 Å². The van der Waals surface area contributed by atoms with Crippen LogP contribution in [0.2, 0.25) is 0 Å². The van der Waals surface area contributed by atoms with Gasteiger partial charge < -0.3 is 14.8 Å². The first-order chi connectivity index (χ1) is 8.36. The lowest BCUT2D eigenvalue weighted by molar-refractivity contribution is 0.121. The molecule has 3 nitrogen and oxygen atoms in total. The zero-order chi connectivity index (χ0) is 12.3. The van der Waals surface area contributed by atoms with Gasteiger partial charge in [-0.3, -0.25) is 0 Å². The second kappa shape index (κ2) is 8.79. The molecule has 0 radical (unpaired) electrons. The molecule has 0 heterocycles. The molecule has 0 aromatic heterocycles. The van der Waals surface area contributed by atoms with E-state index in [2.05, 4.69) is 31.0 Å². The predicted molar refractivity (Wildman–Crippen MR) is 70.3 cm³/mol. The summed E-state index contributed by atoms with van der Waals surface area (Å²) in [6.45, 7) is 9.25. The Kier molecular flexibility index (Phi) is 7.11. The normalized spacial score (nSPS) is 10.2. The molecule has 1 aromatic rings. The summed E-state index contributed by atoms with van der Waals surface area (Å²) in [5, 5.41) is 3.28. The lowest BCUT2D eigenvalue weighted by Gasteiger charge is -2.08. The number of ether oxygens (including phenoxy) is 2. The highest BCUT2D eigenvalue weighted by Crippen LogP contribution is 2.12. The van der Waals surface area contributed by atoms with Gasteiger partial charge in [0.1, 0.15) is 12.4 Å². The third kappa shape index (κ3) is 6.09. The minimum atomic E-state index is 0.568.